The van der Waals surface area contributed by atoms with Crippen LogP contribution in [-0.2, 0) is 9.59 Å². The first-order chi connectivity index (χ1) is 8.95. The summed E-state index contributed by atoms with van der Waals surface area (Å²) in [7, 11) is 0. The molecule has 0 saturated carbocycles. The minimum absolute atomic E-state index is 0. The average Bonchev–Trinajstić information content (AvgIpc) is 2.35. The normalized spacial score (nSPS) is 11.2. The summed E-state index contributed by atoms with van der Waals surface area (Å²) in [5.41, 5.74) is 4.83. The number of rotatable bonds is 5. The van der Waals surface area contributed by atoms with Crippen LogP contribution in [0.3, 0.4) is 0 Å². The second-order valence-electron chi connectivity index (χ2n) is 3.91. The SMILES string of the molecule is CC(NC(=O)CNC(=O)CN)c1c(F)cccc1F.Cl. The Bertz CT molecular complexity index is 466. The lowest BCUT2D eigenvalue weighted by Gasteiger charge is -2.16. The molecule has 5 nitrogen and oxygen atoms in total. The molecule has 20 heavy (non-hydrogen) atoms. The summed E-state index contributed by atoms with van der Waals surface area (Å²) in [6.45, 7) is 0.922. The number of benzene rings is 1. The Balaban J connectivity index is 0.00000361. The molecule has 1 aromatic carbocycles. The van der Waals surface area contributed by atoms with E-state index in [4.69, 9.17) is 5.73 Å². The number of hydrogen-bond acceptors (Lipinski definition) is 3. The molecule has 1 rings (SSSR count). The van der Waals surface area contributed by atoms with Gasteiger partial charge >= 0.3 is 0 Å². The topological polar surface area (TPSA) is 84.2 Å². The summed E-state index contributed by atoms with van der Waals surface area (Å²) < 4.78 is 26.9. The van der Waals surface area contributed by atoms with Crippen LogP contribution in [0.1, 0.15) is 18.5 Å². The number of nitrogens with two attached hydrogens (primary N) is 1. The Hall–Kier alpha value is -1.73. The quantitative estimate of drug-likeness (QED) is 0.746. The van der Waals surface area contributed by atoms with Crippen LogP contribution < -0.4 is 16.4 Å². The molecule has 8 heteroatoms. The lowest BCUT2D eigenvalue weighted by atomic mass is 10.1. The van der Waals surface area contributed by atoms with Gasteiger partial charge in [0.25, 0.3) is 0 Å². The molecular formula is C12H16ClF2N3O2. The molecule has 0 aliphatic carbocycles. The Kier molecular flexibility index (Phi) is 7.71. The van der Waals surface area contributed by atoms with Crippen molar-refractivity contribution in [1.82, 2.24) is 10.6 Å². The van der Waals surface area contributed by atoms with Gasteiger partial charge in [-0.25, -0.2) is 8.78 Å². The van der Waals surface area contributed by atoms with Gasteiger partial charge in [0.05, 0.1) is 19.1 Å². The Labute approximate surface area is 121 Å². The molecule has 0 radical (unpaired) electrons. The van der Waals surface area contributed by atoms with Crippen molar-refractivity contribution in [2.75, 3.05) is 13.1 Å². The van der Waals surface area contributed by atoms with E-state index in [9.17, 15) is 18.4 Å². The first-order valence-electron chi connectivity index (χ1n) is 5.65. The van der Waals surface area contributed by atoms with Crippen molar-refractivity contribution in [2.24, 2.45) is 5.73 Å². The van der Waals surface area contributed by atoms with E-state index in [1.54, 1.807) is 0 Å². The zero-order valence-electron chi connectivity index (χ0n) is 10.8. The molecule has 0 fully saturated rings. The van der Waals surface area contributed by atoms with Crippen LogP contribution in [0.5, 0.6) is 0 Å². The van der Waals surface area contributed by atoms with Gasteiger partial charge in [0.1, 0.15) is 11.6 Å². The molecule has 1 atom stereocenters. The van der Waals surface area contributed by atoms with Gasteiger partial charge in [-0.05, 0) is 19.1 Å². The molecule has 0 aromatic heterocycles. The van der Waals surface area contributed by atoms with Gasteiger partial charge in [0.15, 0.2) is 0 Å². The van der Waals surface area contributed by atoms with Crippen molar-refractivity contribution in [3.8, 4) is 0 Å². The van der Waals surface area contributed by atoms with Gasteiger partial charge in [-0.15, -0.1) is 12.4 Å². The highest BCUT2D eigenvalue weighted by atomic mass is 35.5. The van der Waals surface area contributed by atoms with Crippen LogP contribution in [-0.4, -0.2) is 24.9 Å². The predicted molar refractivity (Wildman–Crippen MR) is 72.2 cm³/mol. The van der Waals surface area contributed by atoms with Crippen molar-refractivity contribution >= 4 is 24.2 Å². The summed E-state index contributed by atoms with van der Waals surface area (Å²) in [6, 6.07) is 2.61. The predicted octanol–water partition coefficient (Wildman–Crippen LogP) is 0.639. The first-order valence-corrected chi connectivity index (χ1v) is 5.65. The maximum atomic E-state index is 13.4. The van der Waals surface area contributed by atoms with Crippen LogP contribution >= 0.6 is 12.4 Å². The van der Waals surface area contributed by atoms with Gasteiger partial charge in [-0.3, -0.25) is 9.59 Å². The standard InChI is InChI=1S/C12H15F2N3O2.ClH/c1-7(12-8(13)3-2-4-9(12)14)17-11(19)6-16-10(18)5-15;/h2-4,7H,5-6,15H2,1H3,(H,16,18)(H,17,19);1H. The fourth-order valence-corrected chi connectivity index (χ4v) is 1.54. The van der Waals surface area contributed by atoms with Crippen molar-refractivity contribution in [3.05, 3.63) is 35.4 Å². The van der Waals surface area contributed by atoms with Crippen LogP contribution in [0.2, 0.25) is 0 Å². The molecule has 0 bridgehead atoms. The number of halogens is 3. The van der Waals surface area contributed by atoms with Crippen molar-refractivity contribution in [1.29, 1.82) is 0 Å². The van der Waals surface area contributed by atoms with E-state index in [1.807, 2.05) is 0 Å². The van der Waals surface area contributed by atoms with Gasteiger partial charge in [-0.1, -0.05) is 6.07 Å². The van der Waals surface area contributed by atoms with Crippen molar-refractivity contribution < 1.29 is 18.4 Å². The minimum atomic E-state index is -0.844. The second-order valence-corrected chi connectivity index (χ2v) is 3.91. The van der Waals surface area contributed by atoms with Crippen molar-refractivity contribution in [3.63, 3.8) is 0 Å². The number of amides is 2. The van der Waals surface area contributed by atoms with Crippen molar-refractivity contribution in [2.45, 2.75) is 13.0 Å². The fraction of sp³-hybridized carbons (Fsp3) is 0.333. The van der Waals surface area contributed by atoms with E-state index in [0.717, 1.165) is 12.1 Å². The Morgan fingerprint density at radius 1 is 1.25 bits per heavy atom. The molecular weight excluding hydrogens is 292 g/mol. The lowest BCUT2D eigenvalue weighted by molar-refractivity contribution is -0.125. The molecule has 1 unspecified atom stereocenters. The van der Waals surface area contributed by atoms with Gasteiger partial charge < -0.3 is 16.4 Å². The second kappa shape index (κ2) is 8.44. The average molecular weight is 308 g/mol. The number of nitrogens with one attached hydrogen (secondary N) is 2. The van der Waals surface area contributed by atoms with E-state index in [-0.39, 0.29) is 31.1 Å². The van der Waals surface area contributed by atoms with Crippen LogP contribution in [0.25, 0.3) is 0 Å². The smallest absolute Gasteiger partial charge is 0.239 e. The van der Waals surface area contributed by atoms with Gasteiger partial charge in [0, 0.05) is 5.56 Å². The van der Waals surface area contributed by atoms with E-state index < -0.39 is 29.5 Å². The Morgan fingerprint density at radius 3 is 2.30 bits per heavy atom. The third-order valence-corrected chi connectivity index (χ3v) is 2.44. The number of carbonyl (C=O) groups is 2. The Morgan fingerprint density at radius 2 is 1.80 bits per heavy atom. The number of hydrogen-bond donors (Lipinski definition) is 3. The fourth-order valence-electron chi connectivity index (χ4n) is 1.54. The van der Waals surface area contributed by atoms with E-state index in [2.05, 4.69) is 10.6 Å². The molecule has 4 N–H and O–H groups in total. The molecule has 0 saturated heterocycles. The first kappa shape index (κ1) is 18.3. The monoisotopic (exact) mass is 307 g/mol. The molecule has 112 valence electrons. The lowest BCUT2D eigenvalue weighted by Crippen LogP contribution is -2.40. The minimum Gasteiger partial charge on any atom is -0.348 e. The zero-order chi connectivity index (χ0) is 14.4. The highest BCUT2D eigenvalue weighted by Crippen LogP contribution is 2.19. The highest BCUT2D eigenvalue weighted by molar-refractivity contribution is 5.85. The maximum Gasteiger partial charge on any atom is 0.239 e. The van der Waals surface area contributed by atoms with Crippen LogP contribution in [0, 0.1) is 11.6 Å². The third-order valence-electron chi connectivity index (χ3n) is 2.44. The maximum absolute atomic E-state index is 13.4. The van der Waals surface area contributed by atoms with Crippen LogP contribution in [0.4, 0.5) is 8.78 Å². The van der Waals surface area contributed by atoms with E-state index in [0.29, 0.717) is 0 Å². The van der Waals surface area contributed by atoms with Crippen LogP contribution in [0.15, 0.2) is 18.2 Å². The van der Waals surface area contributed by atoms with E-state index >= 15 is 0 Å². The third kappa shape index (κ3) is 5.10. The summed E-state index contributed by atoms with van der Waals surface area (Å²) in [5, 5.41) is 4.64. The summed E-state index contributed by atoms with van der Waals surface area (Å²) in [6.07, 6.45) is 0. The molecule has 0 aliphatic heterocycles. The zero-order valence-corrected chi connectivity index (χ0v) is 11.6. The van der Waals surface area contributed by atoms with E-state index in [1.165, 1.54) is 13.0 Å². The largest absolute Gasteiger partial charge is 0.348 e. The summed E-state index contributed by atoms with van der Waals surface area (Å²) >= 11 is 0. The molecule has 0 aliphatic rings. The highest BCUT2D eigenvalue weighted by Gasteiger charge is 2.17. The molecule has 2 amide bonds. The van der Waals surface area contributed by atoms with Gasteiger partial charge in [0.2, 0.25) is 11.8 Å². The number of carbonyl (C=O) groups excluding carboxylic acids is 2. The summed E-state index contributed by atoms with van der Waals surface area (Å²) in [5.74, 6) is -2.52. The van der Waals surface area contributed by atoms with Gasteiger partial charge in [-0.2, -0.15) is 0 Å². The molecule has 0 spiro atoms. The molecule has 1 aromatic rings. The molecule has 0 heterocycles. The summed E-state index contributed by atoms with van der Waals surface area (Å²) in [4.78, 5) is 22.3.